The molecule has 4 rings (SSSR count). The van der Waals surface area contributed by atoms with Gasteiger partial charge in [-0.05, 0) is 62.7 Å². The first-order valence-corrected chi connectivity index (χ1v) is 8.66. The minimum atomic E-state index is -1.62. The van der Waals surface area contributed by atoms with Gasteiger partial charge in [0.25, 0.3) is 5.91 Å². The summed E-state index contributed by atoms with van der Waals surface area (Å²) >= 11 is 5.47. The predicted molar refractivity (Wildman–Crippen MR) is 96.6 cm³/mol. The van der Waals surface area contributed by atoms with Crippen LogP contribution in [0.15, 0.2) is 36.4 Å². The Morgan fingerprint density at radius 2 is 1.65 bits per heavy atom. The molecule has 0 atom stereocenters. The highest BCUT2D eigenvalue weighted by molar-refractivity contribution is 7.81. The molecule has 0 aromatic heterocycles. The standard InChI is InChI=1S/C19H15F3N2OS/c1-11-3-5-12(6-4-11)24-18(26)23(17(25)19(24)9-2-10-19)14-8-7-13(20)15(21)16(14)22/h3-8H,2,9-10H2,1H3. The van der Waals surface area contributed by atoms with Gasteiger partial charge in [-0.15, -0.1) is 0 Å². The fraction of sp³-hybridized carbons (Fsp3) is 0.263. The monoisotopic (exact) mass is 376 g/mol. The highest BCUT2D eigenvalue weighted by Gasteiger charge is 2.60. The van der Waals surface area contributed by atoms with E-state index in [1.54, 1.807) is 4.90 Å². The van der Waals surface area contributed by atoms with Crippen LogP contribution >= 0.6 is 12.2 Å². The fourth-order valence-corrected chi connectivity index (χ4v) is 4.04. The molecule has 0 unspecified atom stereocenters. The lowest BCUT2D eigenvalue weighted by molar-refractivity contribution is -0.123. The second kappa shape index (κ2) is 5.81. The Morgan fingerprint density at radius 1 is 1.00 bits per heavy atom. The summed E-state index contributed by atoms with van der Waals surface area (Å²) in [4.78, 5) is 15.8. The van der Waals surface area contributed by atoms with Gasteiger partial charge < -0.3 is 4.90 Å². The van der Waals surface area contributed by atoms with Gasteiger partial charge in [-0.3, -0.25) is 9.69 Å². The number of benzene rings is 2. The fourth-order valence-electron chi connectivity index (χ4n) is 3.58. The van der Waals surface area contributed by atoms with Crippen LogP contribution in [0.25, 0.3) is 0 Å². The van der Waals surface area contributed by atoms with Crippen molar-refractivity contribution in [3.63, 3.8) is 0 Å². The maximum atomic E-state index is 14.3. The number of hydrogen-bond donors (Lipinski definition) is 0. The molecule has 0 bridgehead atoms. The van der Waals surface area contributed by atoms with Gasteiger partial charge >= 0.3 is 0 Å². The summed E-state index contributed by atoms with van der Waals surface area (Å²) in [6.07, 6.45) is 1.98. The zero-order chi connectivity index (χ0) is 18.6. The van der Waals surface area contributed by atoms with Crippen molar-refractivity contribution in [3.8, 4) is 0 Å². The number of nitrogens with zero attached hydrogens (tertiary/aromatic N) is 2. The smallest absolute Gasteiger partial charge is 0.259 e. The molecule has 1 amide bonds. The molecule has 1 saturated heterocycles. The van der Waals surface area contributed by atoms with E-state index in [1.165, 1.54) is 0 Å². The van der Waals surface area contributed by atoms with E-state index in [0.717, 1.165) is 34.7 Å². The van der Waals surface area contributed by atoms with Crippen LogP contribution in [0.4, 0.5) is 24.5 Å². The molecule has 2 aliphatic rings. The summed E-state index contributed by atoms with van der Waals surface area (Å²) in [7, 11) is 0. The van der Waals surface area contributed by atoms with Crippen molar-refractivity contribution in [1.82, 2.24) is 0 Å². The first kappa shape index (κ1) is 17.0. The highest BCUT2D eigenvalue weighted by atomic mass is 32.1. The SMILES string of the molecule is Cc1ccc(N2C(=S)N(c3ccc(F)c(F)c3F)C(=O)C23CCC3)cc1. The molecule has 134 valence electrons. The van der Waals surface area contributed by atoms with E-state index in [1.807, 2.05) is 31.2 Å². The summed E-state index contributed by atoms with van der Waals surface area (Å²) < 4.78 is 41.3. The molecule has 2 aromatic carbocycles. The zero-order valence-corrected chi connectivity index (χ0v) is 14.7. The Bertz CT molecular complexity index is 925. The molecule has 0 radical (unpaired) electrons. The molecule has 2 fully saturated rings. The Labute approximate surface area is 154 Å². The number of rotatable bonds is 2. The lowest BCUT2D eigenvalue weighted by Gasteiger charge is -2.43. The largest absolute Gasteiger partial charge is 0.303 e. The number of carbonyl (C=O) groups excluding carboxylic acids is 1. The number of amides is 1. The molecule has 26 heavy (non-hydrogen) atoms. The van der Waals surface area contributed by atoms with Gasteiger partial charge in [0.1, 0.15) is 5.54 Å². The minimum absolute atomic E-state index is 0.0726. The van der Waals surface area contributed by atoms with E-state index < -0.39 is 28.9 Å². The Morgan fingerprint density at radius 3 is 2.23 bits per heavy atom. The zero-order valence-electron chi connectivity index (χ0n) is 13.9. The van der Waals surface area contributed by atoms with Gasteiger partial charge in [0, 0.05) is 5.69 Å². The van der Waals surface area contributed by atoms with E-state index >= 15 is 0 Å². The summed E-state index contributed by atoms with van der Waals surface area (Å²) in [6.45, 7) is 1.94. The maximum absolute atomic E-state index is 14.3. The van der Waals surface area contributed by atoms with Crippen molar-refractivity contribution in [2.24, 2.45) is 0 Å². The van der Waals surface area contributed by atoms with Gasteiger partial charge in [0.05, 0.1) is 5.69 Å². The number of hydrogen-bond acceptors (Lipinski definition) is 2. The van der Waals surface area contributed by atoms with Crippen molar-refractivity contribution < 1.29 is 18.0 Å². The predicted octanol–water partition coefficient (Wildman–Crippen LogP) is 4.47. The lowest BCUT2D eigenvalue weighted by Crippen LogP contribution is -2.55. The third-order valence-corrected chi connectivity index (χ3v) is 5.51. The third-order valence-electron chi connectivity index (χ3n) is 5.14. The molecule has 1 aliphatic carbocycles. The molecule has 2 aromatic rings. The second-order valence-corrected chi connectivity index (χ2v) is 7.04. The molecular weight excluding hydrogens is 361 g/mol. The van der Waals surface area contributed by atoms with Crippen LogP contribution in [0.2, 0.25) is 0 Å². The number of carbonyl (C=O) groups is 1. The van der Waals surface area contributed by atoms with Gasteiger partial charge in [0.15, 0.2) is 22.6 Å². The van der Waals surface area contributed by atoms with Crippen molar-refractivity contribution >= 4 is 34.6 Å². The van der Waals surface area contributed by atoms with Crippen molar-refractivity contribution in [3.05, 3.63) is 59.4 Å². The van der Waals surface area contributed by atoms with E-state index in [-0.39, 0.29) is 10.8 Å². The topological polar surface area (TPSA) is 23.6 Å². The molecule has 7 heteroatoms. The van der Waals surface area contributed by atoms with Gasteiger partial charge in [-0.25, -0.2) is 13.2 Å². The third kappa shape index (κ3) is 2.19. The van der Waals surface area contributed by atoms with Crippen LogP contribution in [0, 0.1) is 24.4 Å². The van der Waals surface area contributed by atoms with Gasteiger partial charge in [0.2, 0.25) is 0 Å². The van der Waals surface area contributed by atoms with E-state index in [2.05, 4.69) is 0 Å². The number of halogens is 3. The number of aryl methyl sites for hydroxylation is 1. The van der Waals surface area contributed by atoms with Crippen molar-refractivity contribution in [1.29, 1.82) is 0 Å². The van der Waals surface area contributed by atoms with Gasteiger partial charge in [-0.1, -0.05) is 17.7 Å². The average molecular weight is 376 g/mol. The van der Waals surface area contributed by atoms with Crippen LogP contribution < -0.4 is 9.80 Å². The Kier molecular flexibility index (Phi) is 3.80. The molecule has 1 heterocycles. The first-order valence-electron chi connectivity index (χ1n) is 8.26. The van der Waals surface area contributed by atoms with Crippen LogP contribution in [0.3, 0.4) is 0 Å². The van der Waals surface area contributed by atoms with Crippen molar-refractivity contribution in [2.45, 2.75) is 31.7 Å². The molecule has 0 N–H and O–H groups in total. The van der Waals surface area contributed by atoms with Crippen LogP contribution in [-0.2, 0) is 4.79 Å². The Balaban J connectivity index is 1.84. The van der Waals surface area contributed by atoms with E-state index in [0.29, 0.717) is 12.8 Å². The average Bonchev–Trinajstić information content (AvgIpc) is 2.82. The summed E-state index contributed by atoms with van der Waals surface area (Å²) in [5, 5.41) is 0.0726. The molecule has 1 aliphatic heterocycles. The second-order valence-electron chi connectivity index (χ2n) is 6.67. The van der Waals surface area contributed by atoms with E-state index in [9.17, 15) is 18.0 Å². The van der Waals surface area contributed by atoms with Crippen LogP contribution in [-0.4, -0.2) is 16.6 Å². The summed E-state index contributed by atoms with van der Waals surface area (Å²) in [6, 6.07) is 9.33. The number of thiocarbonyl (C=S) groups is 1. The minimum Gasteiger partial charge on any atom is -0.303 e. The summed E-state index contributed by atoms with van der Waals surface area (Å²) in [5.74, 6) is -4.74. The maximum Gasteiger partial charge on any atom is 0.259 e. The van der Waals surface area contributed by atoms with Crippen molar-refractivity contribution in [2.75, 3.05) is 9.80 Å². The number of anilines is 2. The lowest BCUT2D eigenvalue weighted by atomic mass is 9.75. The first-order chi connectivity index (χ1) is 12.4. The highest BCUT2D eigenvalue weighted by Crippen LogP contribution is 2.48. The molecule has 1 spiro atoms. The summed E-state index contributed by atoms with van der Waals surface area (Å²) in [5.41, 5.74) is 0.527. The quantitative estimate of drug-likeness (QED) is 0.571. The molecule has 3 nitrogen and oxygen atoms in total. The Hall–Kier alpha value is -2.41. The van der Waals surface area contributed by atoms with Crippen LogP contribution in [0.5, 0.6) is 0 Å². The molecule has 1 saturated carbocycles. The molecular formula is C19H15F3N2OS. The van der Waals surface area contributed by atoms with Crippen LogP contribution in [0.1, 0.15) is 24.8 Å². The van der Waals surface area contributed by atoms with Gasteiger partial charge in [-0.2, -0.15) is 0 Å². The normalized spacial score (nSPS) is 18.6. The van der Waals surface area contributed by atoms with E-state index in [4.69, 9.17) is 12.2 Å².